The van der Waals surface area contributed by atoms with E-state index in [-0.39, 0.29) is 18.3 Å². The number of halogens is 1. The fourth-order valence-corrected chi connectivity index (χ4v) is 2.57. The van der Waals surface area contributed by atoms with Crippen LogP contribution in [-0.2, 0) is 4.79 Å². The number of hydrogen-bond donors (Lipinski definition) is 2. The molecule has 4 nitrogen and oxygen atoms in total. The highest BCUT2D eigenvalue weighted by atomic mass is 35.5. The zero-order chi connectivity index (χ0) is 12.4. The quantitative estimate of drug-likeness (QED) is 0.892. The van der Waals surface area contributed by atoms with Crippen molar-refractivity contribution in [1.29, 1.82) is 0 Å². The van der Waals surface area contributed by atoms with Crippen molar-refractivity contribution >= 4 is 45.6 Å². The Hall–Kier alpha value is -1.17. The number of benzene rings is 1. The number of nitrogens with one attached hydrogen (secondary N) is 2. The van der Waals surface area contributed by atoms with Crippen molar-refractivity contribution in [3.8, 4) is 0 Å². The fourth-order valence-electron chi connectivity index (χ4n) is 1.85. The summed E-state index contributed by atoms with van der Waals surface area (Å²) in [7, 11) is 0. The number of thiazole rings is 1. The molecular formula is C13H16ClN3OS. The maximum Gasteiger partial charge on any atom is 0.238 e. The van der Waals surface area contributed by atoms with Gasteiger partial charge in [-0.15, -0.1) is 23.7 Å². The average molecular weight is 298 g/mol. The number of hydrogen-bond acceptors (Lipinski definition) is 4. The number of nitrogens with zero attached hydrogens (tertiary/aromatic N) is 1. The maximum atomic E-state index is 11.7. The third-order valence-electron chi connectivity index (χ3n) is 3.03. The van der Waals surface area contributed by atoms with Gasteiger partial charge in [-0.05, 0) is 43.5 Å². The van der Waals surface area contributed by atoms with Gasteiger partial charge in [0.25, 0.3) is 0 Å². The van der Waals surface area contributed by atoms with Crippen LogP contribution in [-0.4, -0.2) is 24.0 Å². The molecule has 1 aromatic carbocycles. The molecule has 1 amide bonds. The van der Waals surface area contributed by atoms with Gasteiger partial charge in [-0.1, -0.05) is 0 Å². The molecule has 0 aliphatic heterocycles. The molecule has 1 aliphatic rings. The van der Waals surface area contributed by atoms with Crippen LogP contribution in [0.1, 0.15) is 12.8 Å². The zero-order valence-corrected chi connectivity index (χ0v) is 12.0. The van der Waals surface area contributed by atoms with Crippen LogP contribution in [0.3, 0.4) is 0 Å². The second-order valence-corrected chi connectivity index (χ2v) is 5.54. The first-order chi connectivity index (χ1) is 8.81. The maximum absolute atomic E-state index is 11.7. The molecule has 1 saturated carbocycles. The normalized spacial score (nSPS) is 14.1. The lowest BCUT2D eigenvalue weighted by Gasteiger charge is -2.06. The van der Waals surface area contributed by atoms with Gasteiger partial charge in [-0.2, -0.15) is 0 Å². The summed E-state index contributed by atoms with van der Waals surface area (Å²) in [6.07, 6.45) is 2.60. The van der Waals surface area contributed by atoms with Gasteiger partial charge in [0.05, 0.1) is 22.3 Å². The van der Waals surface area contributed by atoms with Crippen LogP contribution in [0.15, 0.2) is 23.7 Å². The highest BCUT2D eigenvalue weighted by Gasteiger charge is 2.20. The molecule has 0 bridgehead atoms. The van der Waals surface area contributed by atoms with Gasteiger partial charge in [-0.25, -0.2) is 4.98 Å². The van der Waals surface area contributed by atoms with E-state index < -0.39 is 0 Å². The fraction of sp³-hybridized carbons (Fsp3) is 0.385. The summed E-state index contributed by atoms with van der Waals surface area (Å²) in [6, 6.07) is 5.78. The lowest BCUT2D eigenvalue weighted by Crippen LogP contribution is -2.29. The Labute approximate surface area is 122 Å². The van der Waals surface area contributed by atoms with Crippen molar-refractivity contribution in [2.45, 2.75) is 12.8 Å². The second kappa shape index (κ2) is 6.32. The molecule has 1 aromatic heterocycles. The van der Waals surface area contributed by atoms with Crippen molar-refractivity contribution < 1.29 is 4.79 Å². The molecule has 0 atom stereocenters. The van der Waals surface area contributed by atoms with E-state index in [2.05, 4.69) is 15.6 Å². The smallest absolute Gasteiger partial charge is 0.238 e. The largest absolute Gasteiger partial charge is 0.325 e. The monoisotopic (exact) mass is 297 g/mol. The Kier molecular flexibility index (Phi) is 4.74. The standard InChI is InChI=1S/C13H15N3OS.ClH/c17-13(7-14-6-9-1-2-9)16-10-3-4-11-12(5-10)18-8-15-11;/h3-5,8-9,14H,1-2,6-7H2,(H,16,17);1H. The van der Waals surface area contributed by atoms with Gasteiger partial charge in [0, 0.05) is 5.69 Å². The number of fused-ring (bicyclic) bond motifs is 1. The van der Waals surface area contributed by atoms with Gasteiger partial charge in [-0.3, -0.25) is 4.79 Å². The van der Waals surface area contributed by atoms with Gasteiger partial charge in [0.1, 0.15) is 0 Å². The third-order valence-corrected chi connectivity index (χ3v) is 3.82. The van der Waals surface area contributed by atoms with E-state index in [9.17, 15) is 4.79 Å². The average Bonchev–Trinajstić information content (AvgIpc) is 3.06. The zero-order valence-electron chi connectivity index (χ0n) is 10.4. The van der Waals surface area contributed by atoms with Crippen molar-refractivity contribution in [3.05, 3.63) is 23.7 Å². The van der Waals surface area contributed by atoms with Crippen LogP contribution in [0.4, 0.5) is 5.69 Å². The molecular weight excluding hydrogens is 282 g/mol. The summed E-state index contributed by atoms with van der Waals surface area (Å²) in [6.45, 7) is 1.35. The topological polar surface area (TPSA) is 54.0 Å². The SMILES string of the molecule is Cl.O=C(CNCC1CC1)Nc1ccc2ncsc2c1. The summed E-state index contributed by atoms with van der Waals surface area (Å²) in [5.41, 5.74) is 3.63. The first-order valence-electron chi connectivity index (χ1n) is 6.15. The van der Waals surface area contributed by atoms with Crippen molar-refractivity contribution in [2.24, 2.45) is 5.92 Å². The molecule has 102 valence electrons. The molecule has 1 heterocycles. The first-order valence-corrected chi connectivity index (χ1v) is 7.03. The van der Waals surface area contributed by atoms with E-state index in [4.69, 9.17) is 0 Å². The van der Waals surface area contributed by atoms with Crippen molar-refractivity contribution in [3.63, 3.8) is 0 Å². The molecule has 0 unspecified atom stereocenters. The summed E-state index contributed by atoms with van der Waals surface area (Å²) in [4.78, 5) is 15.9. The third kappa shape index (κ3) is 3.89. The van der Waals surface area contributed by atoms with Crippen LogP contribution in [0.2, 0.25) is 0 Å². The van der Waals surface area contributed by atoms with Crippen LogP contribution in [0.25, 0.3) is 10.2 Å². The Bertz CT molecular complexity index is 568. The van der Waals surface area contributed by atoms with Gasteiger partial charge >= 0.3 is 0 Å². The highest BCUT2D eigenvalue weighted by molar-refractivity contribution is 7.16. The van der Waals surface area contributed by atoms with E-state index in [0.29, 0.717) is 6.54 Å². The molecule has 19 heavy (non-hydrogen) atoms. The molecule has 0 spiro atoms. The van der Waals surface area contributed by atoms with Crippen LogP contribution >= 0.6 is 23.7 Å². The van der Waals surface area contributed by atoms with E-state index in [1.165, 1.54) is 12.8 Å². The van der Waals surface area contributed by atoms with E-state index in [1.807, 2.05) is 23.7 Å². The number of carbonyl (C=O) groups is 1. The van der Waals surface area contributed by atoms with E-state index in [0.717, 1.165) is 28.4 Å². The molecule has 2 aromatic rings. The predicted octanol–water partition coefficient (Wildman–Crippen LogP) is 2.66. The van der Waals surface area contributed by atoms with Crippen LogP contribution < -0.4 is 10.6 Å². The van der Waals surface area contributed by atoms with E-state index >= 15 is 0 Å². The second-order valence-electron chi connectivity index (χ2n) is 4.66. The number of rotatable bonds is 5. The molecule has 0 radical (unpaired) electrons. The van der Waals surface area contributed by atoms with Crippen molar-refractivity contribution in [1.82, 2.24) is 10.3 Å². The molecule has 2 N–H and O–H groups in total. The Morgan fingerprint density at radius 1 is 1.42 bits per heavy atom. The Morgan fingerprint density at radius 2 is 2.26 bits per heavy atom. The van der Waals surface area contributed by atoms with Gasteiger partial charge < -0.3 is 10.6 Å². The van der Waals surface area contributed by atoms with Crippen molar-refractivity contribution in [2.75, 3.05) is 18.4 Å². The molecule has 6 heteroatoms. The Morgan fingerprint density at radius 3 is 3.05 bits per heavy atom. The molecule has 1 fully saturated rings. The number of amides is 1. The van der Waals surface area contributed by atoms with Crippen LogP contribution in [0, 0.1) is 5.92 Å². The summed E-state index contributed by atoms with van der Waals surface area (Å²) in [5, 5.41) is 6.07. The lowest BCUT2D eigenvalue weighted by molar-refractivity contribution is -0.115. The highest BCUT2D eigenvalue weighted by Crippen LogP contribution is 2.27. The first kappa shape index (κ1) is 14.2. The predicted molar refractivity (Wildman–Crippen MR) is 81.1 cm³/mol. The number of anilines is 1. The minimum absolute atomic E-state index is 0. The molecule has 3 rings (SSSR count). The van der Waals surface area contributed by atoms with E-state index in [1.54, 1.807) is 11.3 Å². The summed E-state index contributed by atoms with van der Waals surface area (Å²) in [5.74, 6) is 0.811. The number of carbonyl (C=O) groups excluding carboxylic acids is 1. The number of aromatic nitrogens is 1. The Balaban J connectivity index is 0.00000133. The molecule has 1 aliphatic carbocycles. The molecule has 0 saturated heterocycles. The lowest BCUT2D eigenvalue weighted by atomic mass is 10.3. The summed E-state index contributed by atoms with van der Waals surface area (Å²) >= 11 is 1.58. The van der Waals surface area contributed by atoms with Crippen LogP contribution in [0.5, 0.6) is 0 Å². The van der Waals surface area contributed by atoms with Gasteiger partial charge in [0.2, 0.25) is 5.91 Å². The van der Waals surface area contributed by atoms with Gasteiger partial charge in [0.15, 0.2) is 0 Å². The minimum atomic E-state index is 0. The minimum Gasteiger partial charge on any atom is -0.325 e. The summed E-state index contributed by atoms with van der Waals surface area (Å²) < 4.78 is 1.10.